The van der Waals surface area contributed by atoms with E-state index in [0.29, 0.717) is 17.0 Å². The molecular formula is C12H8FN3O. The van der Waals surface area contributed by atoms with Gasteiger partial charge in [-0.25, -0.2) is 14.4 Å². The number of hydrogen-bond donors (Lipinski definition) is 1. The molecule has 0 atom stereocenters. The molecule has 5 heteroatoms. The second-order valence-electron chi connectivity index (χ2n) is 3.58. The van der Waals surface area contributed by atoms with Crippen LogP contribution in [0.1, 0.15) is 0 Å². The highest BCUT2D eigenvalue weighted by Crippen LogP contribution is 2.28. The lowest BCUT2D eigenvalue weighted by atomic mass is 10.1. The van der Waals surface area contributed by atoms with Crippen molar-refractivity contribution >= 4 is 5.78 Å². The van der Waals surface area contributed by atoms with E-state index < -0.39 is 0 Å². The maximum absolute atomic E-state index is 12.8. The van der Waals surface area contributed by atoms with E-state index in [9.17, 15) is 9.50 Å². The number of hydrogen-bond acceptors (Lipinski definition) is 3. The summed E-state index contributed by atoms with van der Waals surface area (Å²) in [6.45, 7) is 0. The number of aromatic nitrogens is 3. The Morgan fingerprint density at radius 1 is 1.18 bits per heavy atom. The van der Waals surface area contributed by atoms with E-state index in [1.807, 2.05) is 0 Å². The smallest absolute Gasteiger partial charge is 0.237 e. The van der Waals surface area contributed by atoms with Crippen molar-refractivity contribution in [2.24, 2.45) is 0 Å². The molecule has 4 nitrogen and oxygen atoms in total. The van der Waals surface area contributed by atoms with Gasteiger partial charge in [-0.2, -0.15) is 0 Å². The van der Waals surface area contributed by atoms with Crippen LogP contribution in [0.4, 0.5) is 4.39 Å². The number of rotatable bonds is 1. The molecular weight excluding hydrogens is 221 g/mol. The highest BCUT2D eigenvalue weighted by molar-refractivity contribution is 5.67. The third kappa shape index (κ3) is 1.52. The molecule has 0 saturated carbocycles. The summed E-state index contributed by atoms with van der Waals surface area (Å²) in [5.74, 6) is 0.0826. The Balaban J connectivity index is 2.24. The van der Waals surface area contributed by atoms with Crippen LogP contribution in [0, 0.1) is 5.82 Å². The molecule has 1 aromatic carbocycles. The minimum Gasteiger partial charge on any atom is -0.493 e. The lowest BCUT2D eigenvalue weighted by Gasteiger charge is -1.97. The first-order valence-corrected chi connectivity index (χ1v) is 5.04. The molecule has 0 amide bonds. The molecule has 2 heterocycles. The Morgan fingerprint density at radius 2 is 1.94 bits per heavy atom. The largest absolute Gasteiger partial charge is 0.493 e. The number of halogens is 1. The van der Waals surface area contributed by atoms with Gasteiger partial charge in [0, 0.05) is 18.0 Å². The van der Waals surface area contributed by atoms with Gasteiger partial charge in [-0.05, 0) is 30.3 Å². The predicted molar refractivity (Wildman–Crippen MR) is 60.0 cm³/mol. The van der Waals surface area contributed by atoms with E-state index in [0.717, 1.165) is 0 Å². The Hall–Kier alpha value is -2.43. The van der Waals surface area contributed by atoms with Crippen molar-refractivity contribution in [2.75, 3.05) is 0 Å². The zero-order valence-corrected chi connectivity index (χ0v) is 8.71. The zero-order valence-electron chi connectivity index (χ0n) is 8.71. The van der Waals surface area contributed by atoms with Gasteiger partial charge in [0.15, 0.2) is 0 Å². The fraction of sp³-hybridized carbons (Fsp3) is 0. The van der Waals surface area contributed by atoms with Gasteiger partial charge in [0.2, 0.25) is 11.7 Å². The summed E-state index contributed by atoms with van der Waals surface area (Å²) < 4.78 is 14.3. The van der Waals surface area contributed by atoms with Crippen LogP contribution in [-0.4, -0.2) is 19.5 Å². The third-order valence-corrected chi connectivity index (χ3v) is 2.50. The van der Waals surface area contributed by atoms with Crippen molar-refractivity contribution < 1.29 is 9.50 Å². The lowest BCUT2D eigenvalue weighted by Crippen LogP contribution is -1.84. The molecule has 1 N–H and O–H groups in total. The minimum absolute atomic E-state index is 0.000270. The highest BCUT2D eigenvalue weighted by atomic mass is 19.1. The van der Waals surface area contributed by atoms with Crippen LogP contribution >= 0.6 is 0 Å². The lowest BCUT2D eigenvalue weighted by molar-refractivity contribution is 0.450. The molecule has 0 aliphatic rings. The number of benzene rings is 1. The van der Waals surface area contributed by atoms with Gasteiger partial charge in [-0.15, -0.1) is 0 Å². The summed E-state index contributed by atoms with van der Waals surface area (Å²) in [5.41, 5.74) is 1.04. The second kappa shape index (κ2) is 3.55. The third-order valence-electron chi connectivity index (χ3n) is 2.50. The van der Waals surface area contributed by atoms with Gasteiger partial charge in [-0.1, -0.05) is 0 Å². The molecule has 0 fully saturated rings. The average Bonchev–Trinajstić information content (AvgIpc) is 2.69. The Kier molecular flexibility index (Phi) is 2.04. The van der Waals surface area contributed by atoms with Gasteiger partial charge in [-0.3, -0.25) is 4.40 Å². The number of nitrogens with zero attached hydrogens (tertiary/aromatic N) is 3. The van der Waals surface area contributed by atoms with Crippen LogP contribution in [0.3, 0.4) is 0 Å². The van der Waals surface area contributed by atoms with Gasteiger partial charge in [0.1, 0.15) is 11.5 Å². The second-order valence-corrected chi connectivity index (χ2v) is 3.58. The Labute approximate surface area is 96.0 Å². The molecule has 17 heavy (non-hydrogen) atoms. The van der Waals surface area contributed by atoms with Gasteiger partial charge in [0.25, 0.3) is 0 Å². The number of aromatic hydroxyl groups is 1. The van der Waals surface area contributed by atoms with Gasteiger partial charge >= 0.3 is 0 Å². The molecule has 0 aliphatic carbocycles. The molecule has 0 bridgehead atoms. The van der Waals surface area contributed by atoms with E-state index in [-0.39, 0.29) is 11.7 Å². The van der Waals surface area contributed by atoms with Crippen molar-refractivity contribution in [3.63, 3.8) is 0 Å². The molecule has 84 valence electrons. The average molecular weight is 229 g/mol. The molecule has 0 aliphatic heterocycles. The van der Waals surface area contributed by atoms with E-state index in [2.05, 4.69) is 9.97 Å². The molecule has 0 saturated heterocycles. The summed E-state index contributed by atoms with van der Waals surface area (Å²) in [7, 11) is 0. The van der Waals surface area contributed by atoms with E-state index in [1.54, 1.807) is 30.6 Å². The van der Waals surface area contributed by atoms with E-state index >= 15 is 0 Å². The first-order valence-electron chi connectivity index (χ1n) is 5.04. The quantitative estimate of drug-likeness (QED) is 0.696. The standard InChI is InChI=1S/C12H8FN3O/c13-9-4-2-8(3-5-9)10-11(17)16-7-1-6-14-12(16)15-10/h1-7,17H. The molecule has 0 spiro atoms. The van der Waals surface area contributed by atoms with Crippen molar-refractivity contribution in [1.82, 2.24) is 14.4 Å². The number of fused-ring (bicyclic) bond motifs is 1. The fourth-order valence-electron chi connectivity index (χ4n) is 1.68. The number of imidazole rings is 1. The van der Waals surface area contributed by atoms with Crippen molar-refractivity contribution in [3.8, 4) is 17.1 Å². The van der Waals surface area contributed by atoms with Crippen LogP contribution in [0.15, 0.2) is 42.7 Å². The fourth-order valence-corrected chi connectivity index (χ4v) is 1.68. The predicted octanol–water partition coefficient (Wildman–Crippen LogP) is 2.24. The van der Waals surface area contributed by atoms with Gasteiger partial charge < -0.3 is 5.11 Å². The van der Waals surface area contributed by atoms with Crippen LogP contribution in [0.5, 0.6) is 5.88 Å². The first-order chi connectivity index (χ1) is 8.25. The van der Waals surface area contributed by atoms with Crippen molar-refractivity contribution in [3.05, 3.63) is 48.5 Å². The monoisotopic (exact) mass is 229 g/mol. The molecule has 3 aromatic rings. The summed E-state index contributed by atoms with van der Waals surface area (Å²) in [4.78, 5) is 8.22. The highest BCUT2D eigenvalue weighted by Gasteiger charge is 2.13. The molecule has 3 rings (SSSR count). The summed E-state index contributed by atoms with van der Waals surface area (Å²) >= 11 is 0. The van der Waals surface area contributed by atoms with Crippen LogP contribution in [0.25, 0.3) is 17.0 Å². The first kappa shape index (κ1) is 9.77. The normalized spacial score (nSPS) is 10.9. The maximum atomic E-state index is 12.8. The van der Waals surface area contributed by atoms with Crippen molar-refractivity contribution in [2.45, 2.75) is 0 Å². The molecule has 2 aromatic heterocycles. The zero-order chi connectivity index (χ0) is 11.8. The molecule has 0 radical (unpaired) electrons. The van der Waals surface area contributed by atoms with Crippen LogP contribution in [-0.2, 0) is 0 Å². The Bertz CT molecular complexity index is 676. The van der Waals surface area contributed by atoms with Gasteiger partial charge in [0.05, 0.1) is 0 Å². The Morgan fingerprint density at radius 3 is 2.65 bits per heavy atom. The van der Waals surface area contributed by atoms with E-state index in [4.69, 9.17) is 0 Å². The molecule has 0 unspecified atom stereocenters. The summed E-state index contributed by atoms with van der Waals surface area (Å²) in [6, 6.07) is 7.48. The topological polar surface area (TPSA) is 50.4 Å². The summed E-state index contributed by atoms with van der Waals surface area (Å²) in [5, 5.41) is 9.98. The van der Waals surface area contributed by atoms with Crippen LogP contribution in [0.2, 0.25) is 0 Å². The SMILES string of the molecule is Oc1c(-c2ccc(F)cc2)nc2ncccn12. The van der Waals surface area contributed by atoms with Crippen molar-refractivity contribution in [1.29, 1.82) is 0 Å². The van der Waals surface area contributed by atoms with E-state index in [1.165, 1.54) is 16.5 Å². The maximum Gasteiger partial charge on any atom is 0.237 e. The van der Waals surface area contributed by atoms with Crippen LogP contribution < -0.4 is 0 Å². The minimum atomic E-state index is -0.324. The summed E-state index contributed by atoms with van der Waals surface area (Å²) in [6.07, 6.45) is 3.26.